The van der Waals surface area contributed by atoms with E-state index in [2.05, 4.69) is 6.07 Å². The van der Waals surface area contributed by atoms with Gasteiger partial charge < -0.3 is 9.47 Å². The molecule has 0 saturated carbocycles. The quantitative estimate of drug-likeness (QED) is 0.770. The lowest BCUT2D eigenvalue weighted by Gasteiger charge is -2.06. The number of nitrogens with zero attached hydrogens (tertiary/aromatic N) is 1. The van der Waals surface area contributed by atoms with Crippen LogP contribution in [0, 0.1) is 11.3 Å². The predicted octanol–water partition coefficient (Wildman–Crippen LogP) is 2.73. The van der Waals surface area contributed by atoms with Gasteiger partial charge in [-0.25, -0.2) is 0 Å². The van der Waals surface area contributed by atoms with Crippen LogP contribution >= 0.6 is 0 Å². The van der Waals surface area contributed by atoms with Gasteiger partial charge in [-0.05, 0) is 41.1 Å². The molecule has 0 aliphatic rings. The first-order chi connectivity index (χ1) is 7.78. The van der Waals surface area contributed by atoms with Crippen LogP contribution in [0.15, 0.2) is 30.3 Å². The first-order valence-corrected chi connectivity index (χ1v) is 4.84. The van der Waals surface area contributed by atoms with Gasteiger partial charge in [0.15, 0.2) is 0 Å². The van der Waals surface area contributed by atoms with E-state index in [0.29, 0.717) is 11.3 Å². The summed E-state index contributed by atoms with van der Waals surface area (Å²) >= 11 is 0. The summed E-state index contributed by atoms with van der Waals surface area (Å²) < 4.78 is 10.3. The Morgan fingerprint density at radius 1 is 1.00 bits per heavy atom. The van der Waals surface area contributed by atoms with E-state index in [0.717, 1.165) is 16.5 Å². The van der Waals surface area contributed by atoms with Gasteiger partial charge in [0.1, 0.15) is 11.5 Å². The molecule has 0 aliphatic carbocycles. The maximum atomic E-state index is 9.05. The molecule has 0 unspecified atom stereocenters. The normalized spacial score (nSPS) is 9.81. The molecule has 0 aromatic heterocycles. The zero-order valence-corrected chi connectivity index (χ0v) is 9.15. The summed E-state index contributed by atoms with van der Waals surface area (Å²) in [5.74, 6) is 1.45. The summed E-state index contributed by atoms with van der Waals surface area (Å²) in [4.78, 5) is 0. The summed E-state index contributed by atoms with van der Waals surface area (Å²) in [6.07, 6.45) is 0. The minimum atomic E-state index is 0.608. The Morgan fingerprint density at radius 2 is 1.69 bits per heavy atom. The highest BCUT2D eigenvalue weighted by molar-refractivity contribution is 5.90. The highest BCUT2D eigenvalue weighted by Gasteiger charge is 2.05. The average molecular weight is 213 g/mol. The predicted molar refractivity (Wildman–Crippen MR) is 61.8 cm³/mol. The smallest absolute Gasteiger partial charge is 0.120 e. The van der Waals surface area contributed by atoms with E-state index in [9.17, 15) is 0 Å². The second kappa shape index (κ2) is 4.11. The Morgan fingerprint density at radius 3 is 2.31 bits per heavy atom. The third-order valence-electron chi connectivity index (χ3n) is 2.49. The molecule has 3 heteroatoms. The Balaban J connectivity index is 2.75. The van der Waals surface area contributed by atoms with E-state index in [1.54, 1.807) is 20.3 Å². The van der Waals surface area contributed by atoms with Crippen molar-refractivity contribution >= 4 is 10.8 Å². The fraction of sp³-hybridized carbons (Fsp3) is 0.154. The first kappa shape index (κ1) is 10.3. The average Bonchev–Trinajstić information content (AvgIpc) is 2.36. The SMILES string of the molecule is COc1ccc2c(C#N)cc(OC)cc2c1. The molecule has 0 spiro atoms. The Labute approximate surface area is 93.8 Å². The molecule has 0 radical (unpaired) electrons. The number of rotatable bonds is 2. The first-order valence-electron chi connectivity index (χ1n) is 4.84. The molecule has 3 nitrogen and oxygen atoms in total. The van der Waals surface area contributed by atoms with Crippen molar-refractivity contribution in [1.29, 1.82) is 5.26 Å². The van der Waals surface area contributed by atoms with Crippen molar-refractivity contribution in [3.05, 3.63) is 35.9 Å². The van der Waals surface area contributed by atoms with Crippen LogP contribution in [-0.4, -0.2) is 14.2 Å². The second-order valence-electron chi connectivity index (χ2n) is 3.37. The third kappa shape index (κ3) is 1.66. The van der Waals surface area contributed by atoms with Crippen LogP contribution in [0.25, 0.3) is 10.8 Å². The molecule has 0 atom stereocenters. The van der Waals surface area contributed by atoms with Crippen LogP contribution in [0.3, 0.4) is 0 Å². The van der Waals surface area contributed by atoms with Gasteiger partial charge >= 0.3 is 0 Å². The molecule has 0 bridgehead atoms. The lowest BCUT2D eigenvalue weighted by molar-refractivity contribution is 0.414. The van der Waals surface area contributed by atoms with E-state index in [1.165, 1.54) is 0 Å². The Hall–Kier alpha value is -2.21. The number of methoxy groups -OCH3 is 2. The van der Waals surface area contributed by atoms with E-state index >= 15 is 0 Å². The highest BCUT2D eigenvalue weighted by Crippen LogP contribution is 2.28. The monoisotopic (exact) mass is 213 g/mol. The Bertz CT molecular complexity index is 565. The van der Waals surface area contributed by atoms with Gasteiger partial charge in [-0.3, -0.25) is 0 Å². The summed E-state index contributed by atoms with van der Waals surface area (Å²) in [5.41, 5.74) is 0.608. The second-order valence-corrected chi connectivity index (χ2v) is 3.37. The maximum Gasteiger partial charge on any atom is 0.120 e. The number of hydrogen-bond donors (Lipinski definition) is 0. The molecule has 80 valence electrons. The van der Waals surface area contributed by atoms with E-state index in [-0.39, 0.29) is 0 Å². The minimum absolute atomic E-state index is 0.608. The summed E-state index contributed by atoms with van der Waals surface area (Å²) in [7, 11) is 3.20. The van der Waals surface area contributed by atoms with Gasteiger partial charge in [0, 0.05) is 0 Å². The fourth-order valence-corrected chi connectivity index (χ4v) is 1.66. The number of ether oxygens (including phenoxy) is 2. The molecular formula is C13H11NO2. The van der Waals surface area contributed by atoms with Crippen LogP contribution in [0.2, 0.25) is 0 Å². The van der Waals surface area contributed by atoms with Crippen LogP contribution in [0.5, 0.6) is 11.5 Å². The van der Waals surface area contributed by atoms with Crippen LogP contribution in [0.1, 0.15) is 5.56 Å². The molecule has 0 N–H and O–H groups in total. The molecule has 2 aromatic rings. The molecule has 0 heterocycles. The van der Waals surface area contributed by atoms with Crippen molar-refractivity contribution in [2.75, 3.05) is 14.2 Å². The molecule has 0 aliphatic heterocycles. The molecule has 0 saturated heterocycles. The van der Waals surface area contributed by atoms with Gasteiger partial charge in [-0.15, -0.1) is 0 Å². The van der Waals surface area contributed by atoms with Crippen LogP contribution < -0.4 is 9.47 Å². The molecule has 16 heavy (non-hydrogen) atoms. The summed E-state index contributed by atoms with van der Waals surface area (Å²) in [6.45, 7) is 0. The minimum Gasteiger partial charge on any atom is -0.497 e. The zero-order chi connectivity index (χ0) is 11.5. The van der Waals surface area contributed by atoms with E-state index in [1.807, 2.05) is 24.3 Å². The van der Waals surface area contributed by atoms with Crippen molar-refractivity contribution in [3.8, 4) is 17.6 Å². The lowest BCUT2D eigenvalue weighted by atomic mass is 10.0. The number of nitriles is 1. The van der Waals surface area contributed by atoms with Crippen molar-refractivity contribution in [2.24, 2.45) is 0 Å². The third-order valence-corrected chi connectivity index (χ3v) is 2.49. The molecular weight excluding hydrogens is 202 g/mol. The number of fused-ring (bicyclic) bond motifs is 1. The Kier molecular flexibility index (Phi) is 2.65. The number of benzene rings is 2. The van der Waals surface area contributed by atoms with Gasteiger partial charge in [-0.1, -0.05) is 0 Å². The van der Waals surface area contributed by atoms with Crippen molar-refractivity contribution in [1.82, 2.24) is 0 Å². The van der Waals surface area contributed by atoms with Crippen LogP contribution in [-0.2, 0) is 0 Å². The molecule has 2 aromatic carbocycles. The van der Waals surface area contributed by atoms with Gasteiger partial charge in [-0.2, -0.15) is 5.26 Å². The van der Waals surface area contributed by atoms with Crippen molar-refractivity contribution in [2.45, 2.75) is 0 Å². The summed E-state index contributed by atoms with van der Waals surface area (Å²) in [5, 5.41) is 10.9. The standard InChI is InChI=1S/C13H11NO2/c1-15-11-3-4-13-9(5-11)6-12(16-2)7-10(13)8-14/h3-7H,1-2H3. The van der Waals surface area contributed by atoms with Crippen LogP contribution in [0.4, 0.5) is 0 Å². The van der Waals surface area contributed by atoms with Gasteiger partial charge in [0.05, 0.1) is 25.9 Å². The van der Waals surface area contributed by atoms with Gasteiger partial charge in [0.2, 0.25) is 0 Å². The van der Waals surface area contributed by atoms with E-state index < -0.39 is 0 Å². The maximum absolute atomic E-state index is 9.05. The number of hydrogen-bond acceptors (Lipinski definition) is 3. The zero-order valence-electron chi connectivity index (χ0n) is 9.15. The van der Waals surface area contributed by atoms with Crippen molar-refractivity contribution in [3.63, 3.8) is 0 Å². The van der Waals surface area contributed by atoms with E-state index in [4.69, 9.17) is 14.7 Å². The molecule has 0 fully saturated rings. The fourth-order valence-electron chi connectivity index (χ4n) is 1.66. The largest absolute Gasteiger partial charge is 0.497 e. The molecule has 0 amide bonds. The molecule has 2 rings (SSSR count). The highest BCUT2D eigenvalue weighted by atomic mass is 16.5. The topological polar surface area (TPSA) is 42.2 Å². The summed E-state index contributed by atoms with van der Waals surface area (Å²) in [6, 6.07) is 11.4. The van der Waals surface area contributed by atoms with Crippen molar-refractivity contribution < 1.29 is 9.47 Å². The lowest BCUT2D eigenvalue weighted by Crippen LogP contribution is -1.88. The van der Waals surface area contributed by atoms with Gasteiger partial charge in [0.25, 0.3) is 0 Å².